The van der Waals surface area contributed by atoms with E-state index in [1.807, 2.05) is 35.0 Å². The van der Waals surface area contributed by atoms with Gasteiger partial charge in [0.2, 0.25) is 0 Å². The van der Waals surface area contributed by atoms with Gasteiger partial charge in [0.25, 0.3) is 0 Å². The number of nitrogens with two attached hydrogens (primary N) is 1. The normalized spacial score (nSPS) is 11.3. The molecule has 0 aliphatic rings. The van der Waals surface area contributed by atoms with Crippen LogP contribution in [0.2, 0.25) is 0 Å². The Morgan fingerprint density at radius 1 is 1.14 bits per heavy atom. The van der Waals surface area contributed by atoms with E-state index in [1.54, 1.807) is 6.20 Å². The monoisotopic (exact) mass is 369 g/mol. The van der Waals surface area contributed by atoms with Crippen molar-refractivity contribution in [2.45, 2.75) is 13.3 Å². The van der Waals surface area contributed by atoms with E-state index in [4.69, 9.17) is 10.7 Å². The second-order valence-electron chi connectivity index (χ2n) is 6.68. The van der Waals surface area contributed by atoms with Crippen LogP contribution >= 0.6 is 0 Å². The number of aromatic amines is 1. The standard InChI is InChI=1S/C21H19N7/c1-2-13-3-6-15(7-4-13)24-20-21-23-9-10-28(21)12-18(25-20)14-5-8-16-17(11-14)26-27-19(16)22/h3-12H,2H2,1H3,(H,24,25)(H3,22,26,27). The summed E-state index contributed by atoms with van der Waals surface area (Å²) in [5.74, 6) is 1.20. The molecule has 138 valence electrons. The van der Waals surface area contributed by atoms with Crippen LogP contribution in [0.5, 0.6) is 0 Å². The lowest BCUT2D eigenvalue weighted by Gasteiger charge is -2.10. The predicted molar refractivity (Wildman–Crippen MR) is 112 cm³/mol. The van der Waals surface area contributed by atoms with Crippen LogP contribution in [0.3, 0.4) is 0 Å². The zero-order valence-electron chi connectivity index (χ0n) is 15.3. The van der Waals surface area contributed by atoms with Gasteiger partial charge in [-0.15, -0.1) is 0 Å². The summed E-state index contributed by atoms with van der Waals surface area (Å²) in [7, 11) is 0. The molecule has 0 amide bonds. The molecule has 0 radical (unpaired) electrons. The summed E-state index contributed by atoms with van der Waals surface area (Å²) in [6.45, 7) is 2.14. The van der Waals surface area contributed by atoms with Gasteiger partial charge in [-0.2, -0.15) is 5.10 Å². The van der Waals surface area contributed by atoms with Crippen LogP contribution in [0.15, 0.2) is 61.1 Å². The molecule has 7 nitrogen and oxygen atoms in total. The van der Waals surface area contributed by atoms with Gasteiger partial charge < -0.3 is 15.5 Å². The maximum absolute atomic E-state index is 5.88. The molecule has 5 aromatic rings. The first-order valence-corrected chi connectivity index (χ1v) is 9.15. The molecule has 7 heteroatoms. The molecule has 0 saturated carbocycles. The van der Waals surface area contributed by atoms with Crippen LogP contribution in [-0.4, -0.2) is 24.6 Å². The molecule has 0 saturated heterocycles. The molecule has 5 rings (SSSR count). The molecular formula is C21H19N7. The Labute approximate surface area is 161 Å². The second kappa shape index (κ2) is 6.38. The molecule has 0 aliphatic carbocycles. The Hall–Kier alpha value is -3.87. The summed E-state index contributed by atoms with van der Waals surface area (Å²) < 4.78 is 1.97. The fourth-order valence-electron chi connectivity index (χ4n) is 3.32. The van der Waals surface area contributed by atoms with Gasteiger partial charge in [0, 0.05) is 35.2 Å². The third-order valence-corrected chi connectivity index (χ3v) is 4.89. The Morgan fingerprint density at radius 3 is 2.82 bits per heavy atom. The van der Waals surface area contributed by atoms with E-state index in [2.05, 4.69) is 51.7 Å². The predicted octanol–water partition coefficient (Wildman–Crippen LogP) is 4.16. The van der Waals surface area contributed by atoms with Crippen LogP contribution in [0.25, 0.3) is 27.8 Å². The van der Waals surface area contributed by atoms with Gasteiger partial charge in [-0.1, -0.05) is 25.1 Å². The van der Waals surface area contributed by atoms with Gasteiger partial charge in [-0.05, 0) is 36.2 Å². The number of fused-ring (bicyclic) bond motifs is 2. The highest BCUT2D eigenvalue weighted by molar-refractivity contribution is 5.91. The molecular weight excluding hydrogens is 350 g/mol. The summed E-state index contributed by atoms with van der Waals surface area (Å²) in [5, 5.41) is 11.3. The SMILES string of the molecule is CCc1ccc(Nc2nc(-c3ccc4c(N)n[nH]c4c3)cn3ccnc23)cc1. The Kier molecular flexibility index (Phi) is 3.72. The van der Waals surface area contributed by atoms with Crippen molar-refractivity contribution >= 4 is 33.9 Å². The maximum atomic E-state index is 5.88. The Bertz CT molecular complexity index is 1280. The van der Waals surface area contributed by atoms with Crippen molar-refractivity contribution in [3.8, 4) is 11.3 Å². The molecule has 0 unspecified atom stereocenters. The highest BCUT2D eigenvalue weighted by Gasteiger charge is 2.11. The number of rotatable bonds is 4. The fraction of sp³-hybridized carbons (Fsp3) is 0.0952. The summed E-state index contributed by atoms with van der Waals surface area (Å²) in [6.07, 6.45) is 6.66. The van der Waals surface area contributed by atoms with E-state index in [0.717, 1.165) is 39.9 Å². The van der Waals surface area contributed by atoms with E-state index in [0.29, 0.717) is 11.6 Å². The lowest BCUT2D eigenvalue weighted by molar-refractivity contribution is 1.12. The van der Waals surface area contributed by atoms with Gasteiger partial charge >= 0.3 is 0 Å². The van der Waals surface area contributed by atoms with Crippen molar-refractivity contribution in [2.75, 3.05) is 11.1 Å². The number of aromatic nitrogens is 5. The van der Waals surface area contributed by atoms with Crippen molar-refractivity contribution in [1.82, 2.24) is 24.6 Å². The molecule has 0 bridgehead atoms. The average Bonchev–Trinajstić information content (AvgIpc) is 3.35. The fourth-order valence-corrected chi connectivity index (χ4v) is 3.32. The smallest absolute Gasteiger partial charge is 0.180 e. The van der Waals surface area contributed by atoms with Gasteiger partial charge in [-0.25, -0.2) is 9.97 Å². The minimum atomic E-state index is 0.498. The lowest BCUT2D eigenvalue weighted by atomic mass is 10.1. The topological polar surface area (TPSA) is 96.9 Å². The van der Waals surface area contributed by atoms with E-state index < -0.39 is 0 Å². The van der Waals surface area contributed by atoms with E-state index in [1.165, 1.54) is 5.56 Å². The number of aryl methyl sites for hydroxylation is 1. The van der Waals surface area contributed by atoms with Crippen LogP contribution in [0.1, 0.15) is 12.5 Å². The molecule has 0 spiro atoms. The zero-order chi connectivity index (χ0) is 19.1. The minimum absolute atomic E-state index is 0.498. The molecule has 0 aliphatic heterocycles. The number of nitrogens with zero attached hydrogens (tertiary/aromatic N) is 4. The first-order chi connectivity index (χ1) is 13.7. The quantitative estimate of drug-likeness (QED) is 0.442. The lowest BCUT2D eigenvalue weighted by Crippen LogP contribution is -2.00. The van der Waals surface area contributed by atoms with Crippen molar-refractivity contribution in [3.05, 3.63) is 66.6 Å². The largest absolute Gasteiger partial charge is 0.382 e. The van der Waals surface area contributed by atoms with E-state index >= 15 is 0 Å². The molecule has 3 heterocycles. The first-order valence-electron chi connectivity index (χ1n) is 9.15. The number of anilines is 3. The molecule has 0 fully saturated rings. The highest BCUT2D eigenvalue weighted by Crippen LogP contribution is 2.28. The van der Waals surface area contributed by atoms with Gasteiger partial charge in [0.15, 0.2) is 17.3 Å². The summed E-state index contributed by atoms with van der Waals surface area (Å²) in [4.78, 5) is 9.28. The van der Waals surface area contributed by atoms with Crippen LogP contribution in [0, 0.1) is 0 Å². The summed E-state index contributed by atoms with van der Waals surface area (Å²) in [5.41, 5.74) is 11.6. The molecule has 3 aromatic heterocycles. The van der Waals surface area contributed by atoms with Crippen LogP contribution in [0.4, 0.5) is 17.3 Å². The van der Waals surface area contributed by atoms with Gasteiger partial charge in [-0.3, -0.25) is 5.10 Å². The van der Waals surface area contributed by atoms with Crippen molar-refractivity contribution < 1.29 is 0 Å². The average molecular weight is 369 g/mol. The van der Waals surface area contributed by atoms with Crippen molar-refractivity contribution in [3.63, 3.8) is 0 Å². The summed E-state index contributed by atoms with van der Waals surface area (Å²) >= 11 is 0. The number of hydrogen-bond donors (Lipinski definition) is 3. The molecule has 0 atom stereocenters. The highest BCUT2D eigenvalue weighted by atomic mass is 15.2. The third-order valence-electron chi connectivity index (χ3n) is 4.89. The summed E-state index contributed by atoms with van der Waals surface area (Å²) in [6, 6.07) is 14.3. The zero-order valence-corrected chi connectivity index (χ0v) is 15.3. The van der Waals surface area contributed by atoms with E-state index in [-0.39, 0.29) is 0 Å². The molecule has 2 aromatic carbocycles. The number of nitrogen functional groups attached to an aromatic ring is 1. The number of imidazole rings is 1. The van der Waals surface area contributed by atoms with E-state index in [9.17, 15) is 0 Å². The number of H-pyrrole nitrogens is 1. The maximum Gasteiger partial charge on any atom is 0.180 e. The minimum Gasteiger partial charge on any atom is -0.382 e. The van der Waals surface area contributed by atoms with Crippen LogP contribution in [-0.2, 0) is 6.42 Å². The third kappa shape index (κ3) is 2.73. The van der Waals surface area contributed by atoms with Gasteiger partial charge in [0.05, 0.1) is 11.2 Å². The Balaban J connectivity index is 1.59. The van der Waals surface area contributed by atoms with Crippen molar-refractivity contribution in [1.29, 1.82) is 0 Å². The van der Waals surface area contributed by atoms with Crippen molar-refractivity contribution in [2.24, 2.45) is 0 Å². The Morgan fingerprint density at radius 2 is 2.00 bits per heavy atom. The first kappa shape index (κ1) is 16.3. The number of nitrogens with one attached hydrogen (secondary N) is 2. The second-order valence-corrected chi connectivity index (χ2v) is 6.68. The number of benzene rings is 2. The number of hydrogen-bond acceptors (Lipinski definition) is 5. The van der Waals surface area contributed by atoms with Gasteiger partial charge in [0.1, 0.15) is 0 Å². The van der Waals surface area contributed by atoms with Crippen LogP contribution < -0.4 is 11.1 Å². The molecule has 4 N–H and O–H groups in total. The molecule has 28 heavy (non-hydrogen) atoms.